The summed E-state index contributed by atoms with van der Waals surface area (Å²) in [5.74, 6) is 0. The number of rotatable bonds is 5. The van der Waals surface area contributed by atoms with Crippen molar-refractivity contribution >= 4 is 22.7 Å². The first-order valence-electron chi connectivity index (χ1n) is 9.57. The van der Waals surface area contributed by atoms with Gasteiger partial charge in [0, 0.05) is 54.3 Å². The Morgan fingerprint density at radius 2 is 2.03 bits per heavy atom. The van der Waals surface area contributed by atoms with Crippen molar-refractivity contribution in [1.82, 2.24) is 4.90 Å². The predicted octanol–water partition coefficient (Wildman–Crippen LogP) is 5.08. The second-order valence-electron chi connectivity index (χ2n) is 8.00. The smallest absolute Gasteiger partial charge is 0.370 e. The van der Waals surface area contributed by atoms with E-state index in [2.05, 4.69) is 4.90 Å². The molecule has 2 aliphatic rings. The van der Waals surface area contributed by atoms with E-state index >= 15 is 0 Å². The number of hydrogen-bond acceptors (Lipinski definition) is 5. The lowest BCUT2D eigenvalue weighted by Crippen LogP contribution is -2.44. The van der Waals surface area contributed by atoms with Crippen molar-refractivity contribution in [1.29, 1.82) is 0 Å². The lowest BCUT2D eigenvalue weighted by Gasteiger charge is -2.36. The third kappa shape index (κ3) is 4.25. The molecule has 1 spiro atoms. The van der Waals surface area contributed by atoms with Crippen LogP contribution in [0.5, 0.6) is 0 Å². The van der Waals surface area contributed by atoms with Crippen molar-refractivity contribution in [3.05, 3.63) is 56.8 Å². The lowest BCUT2D eigenvalue weighted by molar-refractivity contribution is -0.384. The minimum absolute atomic E-state index is 0.0340. The van der Waals surface area contributed by atoms with Crippen molar-refractivity contribution < 1.29 is 18.1 Å². The maximum atomic E-state index is 13.5. The topological polar surface area (TPSA) is 49.6 Å². The minimum atomic E-state index is -4.25. The van der Waals surface area contributed by atoms with E-state index in [4.69, 9.17) is 0 Å². The van der Waals surface area contributed by atoms with Gasteiger partial charge < -0.3 is 4.90 Å². The van der Waals surface area contributed by atoms with Gasteiger partial charge >= 0.3 is 6.18 Å². The van der Waals surface area contributed by atoms with Crippen LogP contribution in [0.25, 0.3) is 0 Å². The molecule has 5 nitrogen and oxygen atoms in total. The van der Waals surface area contributed by atoms with Crippen LogP contribution >= 0.6 is 11.3 Å². The van der Waals surface area contributed by atoms with Gasteiger partial charge in [-0.1, -0.05) is 12.1 Å². The Hall–Kier alpha value is -2.13. The highest BCUT2D eigenvalue weighted by atomic mass is 32.1. The normalized spacial score (nSPS) is 25.2. The monoisotopic (exact) mass is 425 g/mol. The van der Waals surface area contributed by atoms with Crippen LogP contribution in [0.4, 0.5) is 24.5 Å². The number of halogens is 3. The Morgan fingerprint density at radius 1 is 1.24 bits per heavy atom. The number of benzene rings is 1. The molecule has 3 heterocycles. The molecule has 2 aliphatic heterocycles. The fraction of sp³-hybridized carbons (Fsp3) is 0.500. The van der Waals surface area contributed by atoms with Crippen LogP contribution in [-0.2, 0) is 6.54 Å². The van der Waals surface area contributed by atoms with Gasteiger partial charge in [-0.15, -0.1) is 0 Å². The van der Waals surface area contributed by atoms with Crippen LogP contribution in [0.1, 0.15) is 24.8 Å². The van der Waals surface area contributed by atoms with Crippen molar-refractivity contribution in [3.63, 3.8) is 0 Å². The Bertz CT molecular complexity index is 874. The Labute approximate surface area is 170 Å². The second-order valence-corrected chi connectivity index (χ2v) is 8.78. The molecule has 0 N–H and O–H groups in total. The van der Waals surface area contributed by atoms with Crippen LogP contribution in [0.2, 0.25) is 0 Å². The summed E-state index contributed by atoms with van der Waals surface area (Å²) in [6.07, 6.45) is -3.66. The third-order valence-electron chi connectivity index (χ3n) is 6.23. The molecule has 156 valence electrons. The molecule has 4 rings (SSSR count). The molecule has 0 bridgehead atoms. The molecule has 29 heavy (non-hydrogen) atoms. The average Bonchev–Trinajstić information content (AvgIpc) is 3.38. The predicted molar refractivity (Wildman–Crippen MR) is 106 cm³/mol. The summed E-state index contributed by atoms with van der Waals surface area (Å²) in [6.45, 7) is 2.25. The molecule has 0 saturated carbocycles. The zero-order valence-electron chi connectivity index (χ0n) is 15.8. The highest BCUT2D eigenvalue weighted by Crippen LogP contribution is 2.49. The van der Waals surface area contributed by atoms with Gasteiger partial charge in [-0.2, -0.15) is 24.5 Å². The van der Waals surface area contributed by atoms with Crippen molar-refractivity contribution in [2.45, 2.75) is 38.0 Å². The number of likely N-dealkylation sites (tertiary alicyclic amines) is 1. The zero-order valence-corrected chi connectivity index (χ0v) is 16.6. The van der Waals surface area contributed by atoms with Crippen LogP contribution in [0, 0.1) is 15.5 Å². The first kappa shape index (κ1) is 20.2. The molecule has 2 unspecified atom stereocenters. The van der Waals surface area contributed by atoms with E-state index in [1.807, 2.05) is 21.7 Å². The number of alkyl halides is 3. The maximum absolute atomic E-state index is 13.5. The Morgan fingerprint density at radius 3 is 2.72 bits per heavy atom. The number of nitrogens with zero attached hydrogens (tertiary/aromatic N) is 3. The van der Waals surface area contributed by atoms with Gasteiger partial charge in [0.25, 0.3) is 5.69 Å². The van der Waals surface area contributed by atoms with E-state index in [9.17, 15) is 23.3 Å². The number of non-ortho nitro benzene ring substituents is 1. The molecule has 0 radical (unpaired) electrons. The fourth-order valence-corrected chi connectivity index (χ4v) is 5.53. The molecule has 2 aromatic rings. The van der Waals surface area contributed by atoms with Crippen LogP contribution < -0.4 is 4.90 Å². The summed E-state index contributed by atoms with van der Waals surface area (Å²) in [4.78, 5) is 14.6. The van der Waals surface area contributed by atoms with Gasteiger partial charge in [0.1, 0.15) is 0 Å². The number of thiophene rings is 1. The first-order chi connectivity index (χ1) is 13.8. The highest BCUT2D eigenvalue weighted by Gasteiger charge is 2.54. The van der Waals surface area contributed by atoms with Crippen LogP contribution in [-0.4, -0.2) is 41.7 Å². The molecular formula is C20H22F3N3O2S. The zero-order chi connectivity index (χ0) is 20.6. The molecule has 1 aromatic carbocycles. The van der Waals surface area contributed by atoms with Gasteiger partial charge in [-0.25, -0.2) is 0 Å². The summed E-state index contributed by atoms with van der Waals surface area (Å²) in [7, 11) is 0. The molecule has 2 saturated heterocycles. The third-order valence-corrected chi connectivity index (χ3v) is 6.90. The first-order valence-corrected chi connectivity index (χ1v) is 10.5. The summed E-state index contributed by atoms with van der Waals surface area (Å²) in [5.41, 5.74) is 1.32. The molecular weight excluding hydrogens is 403 g/mol. The quantitative estimate of drug-likeness (QED) is 0.495. The van der Waals surface area contributed by atoms with Gasteiger partial charge in [0.2, 0.25) is 0 Å². The Kier molecular flexibility index (Phi) is 5.29. The maximum Gasteiger partial charge on any atom is 0.390 e. The van der Waals surface area contributed by atoms with Gasteiger partial charge in [-0.3, -0.25) is 15.0 Å². The highest BCUT2D eigenvalue weighted by molar-refractivity contribution is 7.08. The van der Waals surface area contributed by atoms with E-state index in [0.717, 1.165) is 18.7 Å². The molecule has 2 atom stereocenters. The van der Waals surface area contributed by atoms with E-state index in [1.165, 1.54) is 12.1 Å². The van der Waals surface area contributed by atoms with E-state index in [1.54, 1.807) is 23.5 Å². The molecule has 1 aromatic heterocycles. The molecule has 9 heteroatoms. The van der Waals surface area contributed by atoms with E-state index in [-0.39, 0.29) is 5.69 Å². The van der Waals surface area contributed by atoms with E-state index in [0.29, 0.717) is 31.6 Å². The number of nitro groups is 1. The summed E-state index contributed by atoms with van der Waals surface area (Å²) >= 11 is 1.59. The summed E-state index contributed by atoms with van der Waals surface area (Å²) in [5, 5.41) is 15.1. The van der Waals surface area contributed by atoms with Crippen LogP contribution in [0.3, 0.4) is 0 Å². The number of hydrogen-bond donors (Lipinski definition) is 0. The van der Waals surface area contributed by atoms with Gasteiger partial charge in [0.05, 0.1) is 11.3 Å². The van der Waals surface area contributed by atoms with Crippen molar-refractivity contribution in [3.8, 4) is 0 Å². The average molecular weight is 425 g/mol. The van der Waals surface area contributed by atoms with E-state index < -0.39 is 29.0 Å². The van der Waals surface area contributed by atoms with Crippen molar-refractivity contribution in [2.24, 2.45) is 5.41 Å². The van der Waals surface area contributed by atoms with Crippen LogP contribution in [0.15, 0.2) is 41.1 Å². The summed E-state index contributed by atoms with van der Waals surface area (Å²) < 4.78 is 40.4. The SMILES string of the molecule is O=[N+]([O-])c1cccc(CN2CCC3(CCN(c4ccsc4)C3)C2CC(F)(F)F)c1. The summed E-state index contributed by atoms with van der Waals surface area (Å²) in [6, 6.07) is 7.59. The fourth-order valence-electron chi connectivity index (χ4n) is 4.86. The molecule has 0 aliphatic carbocycles. The number of nitro benzene ring substituents is 1. The molecule has 2 fully saturated rings. The lowest BCUT2D eigenvalue weighted by atomic mass is 9.78. The Balaban J connectivity index is 1.57. The van der Waals surface area contributed by atoms with Crippen molar-refractivity contribution in [2.75, 3.05) is 24.5 Å². The van der Waals surface area contributed by atoms with Gasteiger partial charge in [0.15, 0.2) is 0 Å². The standard InChI is InChI=1S/C20H22F3N3O2S/c21-20(22,23)11-18-19(6-8-25(14-19)17-4-9-29-13-17)5-7-24(18)12-15-2-1-3-16(10-15)26(27)28/h1-4,9-10,13,18H,5-8,11-12,14H2. The minimum Gasteiger partial charge on any atom is -0.370 e. The second kappa shape index (κ2) is 7.60. The largest absolute Gasteiger partial charge is 0.390 e. The van der Waals surface area contributed by atoms with Gasteiger partial charge in [-0.05, 0) is 36.4 Å². The molecule has 0 amide bonds. The number of anilines is 1.